The van der Waals surface area contributed by atoms with Gasteiger partial charge in [0.2, 0.25) is 0 Å². The molecule has 2 heteroatoms. The number of rotatable bonds is 0. The molecule has 0 aromatic rings. The first-order valence-corrected chi connectivity index (χ1v) is 3.54. The molecular formula is C7H13NO. The van der Waals surface area contributed by atoms with Gasteiger partial charge in [-0.05, 0) is 13.0 Å². The van der Waals surface area contributed by atoms with Crippen molar-refractivity contribution in [2.45, 2.75) is 19.8 Å². The van der Waals surface area contributed by atoms with Crippen molar-refractivity contribution in [1.29, 1.82) is 0 Å². The summed E-state index contributed by atoms with van der Waals surface area (Å²) in [5, 5.41) is 3.21. The summed E-state index contributed by atoms with van der Waals surface area (Å²) in [5.41, 5.74) is 0. The van der Waals surface area contributed by atoms with E-state index >= 15 is 0 Å². The molecule has 0 unspecified atom stereocenters. The summed E-state index contributed by atoms with van der Waals surface area (Å²) in [5.74, 6) is 0.660. The van der Waals surface area contributed by atoms with Crippen LogP contribution in [0.25, 0.3) is 0 Å². The van der Waals surface area contributed by atoms with Gasteiger partial charge in [0, 0.05) is 18.9 Å². The molecule has 1 rings (SSSR count). The fourth-order valence-corrected chi connectivity index (χ4v) is 1.07. The minimum absolute atomic E-state index is 0.243. The van der Waals surface area contributed by atoms with E-state index in [0.29, 0.717) is 5.78 Å². The van der Waals surface area contributed by atoms with Crippen molar-refractivity contribution < 1.29 is 4.79 Å². The van der Waals surface area contributed by atoms with Gasteiger partial charge in [0.15, 0.2) is 0 Å². The van der Waals surface area contributed by atoms with Crippen molar-refractivity contribution in [3.05, 3.63) is 0 Å². The fourth-order valence-electron chi connectivity index (χ4n) is 1.07. The van der Waals surface area contributed by atoms with E-state index in [4.69, 9.17) is 0 Å². The molecule has 0 bridgehead atoms. The van der Waals surface area contributed by atoms with E-state index in [2.05, 4.69) is 5.32 Å². The molecular weight excluding hydrogens is 114 g/mol. The van der Waals surface area contributed by atoms with Crippen molar-refractivity contribution >= 4 is 5.78 Å². The van der Waals surface area contributed by atoms with E-state index in [0.717, 1.165) is 25.9 Å². The number of ketones is 1. The highest BCUT2D eigenvalue weighted by Crippen LogP contribution is 2.04. The number of nitrogens with one attached hydrogen (secondary N) is 1. The van der Waals surface area contributed by atoms with Crippen LogP contribution in [-0.2, 0) is 4.79 Å². The quantitative estimate of drug-likeness (QED) is 0.515. The predicted octanol–water partition coefficient (Wildman–Crippen LogP) is 0.575. The third-order valence-electron chi connectivity index (χ3n) is 1.78. The van der Waals surface area contributed by atoms with Gasteiger partial charge in [0.05, 0.1) is 0 Å². The van der Waals surface area contributed by atoms with Crippen molar-refractivity contribution in [3.63, 3.8) is 0 Å². The van der Waals surface area contributed by atoms with E-state index < -0.39 is 0 Å². The fraction of sp³-hybridized carbons (Fsp3) is 0.857. The van der Waals surface area contributed by atoms with E-state index in [1.54, 1.807) is 0 Å². The van der Waals surface area contributed by atoms with Crippen molar-refractivity contribution in [2.24, 2.45) is 5.92 Å². The van der Waals surface area contributed by atoms with Crippen molar-refractivity contribution in [1.82, 2.24) is 5.32 Å². The average Bonchev–Trinajstić information content (AvgIpc) is 1.99. The van der Waals surface area contributed by atoms with Crippen LogP contribution in [0.15, 0.2) is 0 Å². The molecule has 1 saturated heterocycles. The number of carbonyl (C=O) groups is 1. The van der Waals surface area contributed by atoms with Gasteiger partial charge >= 0.3 is 0 Å². The molecule has 1 aliphatic rings. The first-order chi connectivity index (χ1) is 4.30. The van der Waals surface area contributed by atoms with E-state index in [1.807, 2.05) is 6.92 Å². The Morgan fingerprint density at radius 1 is 1.67 bits per heavy atom. The van der Waals surface area contributed by atoms with Gasteiger partial charge in [-0.15, -0.1) is 0 Å². The van der Waals surface area contributed by atoms with Crippen LogP contribution in [-0.4, -0.2) is 18.9 Å². The zero-order valence-electron chi connectivity index (χ0n) is 5.81. The van der Waals surface area contributed by atoms with Crippen molar-refractivity contribution in [2.75, 3.05) is 13.1 Å². The Labute approximate surface area is 55.6 Å². The summed E-state index contributed by atoms with van der Waals surface area (Å²) in [4.78, 5) is 11.0. The van der Waals surface area contributed by atoms with Crippen LogP contribution in [0, 0.1) is 5.92 Å². The Hall–Kier alpha value is -0.370. The standard InChI is InChI=1S/C7H13NO/c1-6-5-8-4-2-3-7(6)9/h6,8H,2-5H2,1H3/t6-/m1/s1. The van der Waals surface area contributed by atoms with Gasteiger partial charge < -0.3 is 5.32 Å². The highest BCUT2D eigenvalue weighted by atomic mass is 16.1. The van der Waals surface area contributed by atoms with Crippen LogP contribution in [0.2, 0.25) is 0 Å². The van der Waals surface area contributed by atoms with Gasteiger partial charge in [0.25, 0.3) is 0 Å². The normalized spacial score (nSPS) is 29.9. The summed E-state index contributed by atoms with van der Waals surface area (Å²) in [6.07, 6.45) is 1.79. The van der Waals surface area contributed by atoms with Crippen LogP contribution in [0.4, 0.5) is 0 Å². The molecule has 0 saturated carbocycles. The average molecular weight is 127 g/mol. The van der Waals surface area contributed by atoms with Gasteiger partial charge in [0.1, 0.15) is 5.78 Å². The van der Waals surface area contributed by atoms with E-state index in [1.165, 1.54) is 0 Å². The minimum Gasteiger partial charge on any atom is -0.316 e. The Morgan fingerprint density at radius 3 is 3.22 bits per heavy atom. The third kappa shape index (κ3) is 1.79. The molecule has 0 radical (unpaired) electrons. The molecule has 0 spiro atoms. The Kier molecular flexibility index (Phi) is 2.22. The van der Waals surface area contributed by atoms with Crippen LogP contribution in [0.3, 0.4) is 0 Å². The molecule has 9 heavy (non-hydrogen) atoms. The SMILES string of the molecule is C[C@@H]1CNCCCC1=O. The summed E-state index contributed by atoms with van der Waals surface area (Å²) in [6.45, 7) is 3.87. The second-order valence-electron chi connectivity index (χ2n) is 2.68. The minimum atomic E-state index is 0.243. The summed E-state index contributed by atoms with van der Waals surface area (Å²) >= 11 is 0. The largest absolute Gasteiger partial charge is 0.316 e. The smallest absolute Gasteiger partial charge is 0.137 e. The van der Waals surface area contributed by atoms with Gasteiger partial charge in [-0.3, -0.25) is 4.79 Å². The maximum absolute atomic E-state index is 11.0. The zero-order chi connectivity index (χ0) is 6.69. The maximum Gasteiger partial charge on any atom is 0.137 e. The molecule has 1 fully saturated rings. The Balaban J connectivity index is 2.41. The van der Waals surface area contributed by atoms with Crippen LogP contribution >= 0.6 is 0 Å². The van der Waals surface area contributed by atoms with Crippen LogP contribution < -0.4 is 5.32 Å². The molecule has 0 aromatic heterocycles. The van der Waals surface area contributed by atoms with Gasteiger partial charge in [-0.25, -0.2) is 0 Å². The predicted molar refractivity (Wildman–Crippen MR) is 36.3 cm³/mol. The molecule has 2 nitrogen and oxygen atoms in total. The number of carbonyl (C=O) groups excluding carboxylic acids is 1. The summed E-state index contributed by atoms with van der Waals surface area (Å²) < 4.78 is 0. The van der Waals surface area contributed by atoms with Crippen LogP contribution in [0.5, 0.6) is 0 Å². The monoisotopic (exact) mass is 127 g/mol. The second-order valence-corrected chi connectivity index (χ2v) is 2.68. The van der Waals surface area contributed by atoms with Gasteiger partial charge in [-0.2, -0.15) is 0 Å². The highest BCUT2D eigenvalue weighted by molar-refractivity contribution is 5.81. The molecule has 0 aromatic carbocycles. The lowest BCUT2D eigenvalue weighted by Crippen LogP contribution is -2.21. The van der Waals surface area contributed by atoms with E-state index in [9.17, 15) is 4.79 Å². The Bertz CT molecular complexity index is 111. The third-order valence-corrected chi connectivity index (χ3v) is 1.78. The lowest BCUT2D eigenvalue weighted by molar-refractivity contribution is -0.121. The van der Waals surface area contributed by atoms with Gasteiger partial charge in [-0.1, -0.05) is 6.92 Å². The zero-order valence-corrected chi connectivity index (χ0v) is 5.81. The molecule has 1 atom stereocenters. The molecule has 0 aliphatic carbocycles. The molecule has 1 N–H and O–H groups in total. The lowest BCUT2D eigenvalue weighted by Gasteiger charge is -2.03. The molecule has 0 amide bonds. The summed E-state index contributed by atoms with van der Waals surface area (Å²) in [6, 6.07) is 0. The van der Waals surface area contributed by atoms with Crippen LogP contribution in [0.1, 0.15) is 19.8 Å². The van der Waals surface area contributed by atoms with E-state index in [-0.39, 0.29) is 5.92 Å². The second kappa shape index (κ2) is 2.97. The Morgan fingerprint density at radius 2 is 2.44 bits per heavy atom. The topological polar surface area (TPSA) is 29.1 Å². The molecule has 52 valence electrons. The molecule has 1 aliphatic heterocycles. The maximum atomic E-state index is 11.0. The number of hydrogen-bond acceptors (Lipinski definition) is 2. The first kappa shape index (κ1) is 6.75. The summed E-state index contributed by atoms with van der Waals surface area (Å²) in [7, 11) is 0. The highest BCUT2D eigenvalue weighted by Gasteiger charge is 2.14. The number of hydrogen-bond donors (Lipinski definition) is 1. The number of Topliss-reactive ketones (excluding diaryl/α,β-unsaturated/α-hetero) is 1. The van der Waals surface area contributed by atoms with Crippen molar-refractivity contribution in [3.8, 4) is 0 Å². The molecule has 1 heterocycles. The first-order valence-electron chi connectivity index (χ1n) is 3.54. The lowest BCUT2D eigenvalue weighted by atomic mass is 10.1.